The van der Waals surface area contributed by atoms with E-state index in [0.29, 0.717) is 6.04 Å². The van der Waals surface area contributed by atoms with Crippen molar-refractivity contribution in [3.8, 4) is 0 Å². The highest BCUT2D eigenvalue weighted by Crippen LogP contribution is 2.20. The summed E-state index contributed by atoms with van der Waals surface area (Å²) in [4.78, 5) is 16.8. The molecular weight excluding hydrogens is 290 g/mol. The first-order chi connectivity index (χ1) is 10.9. The number of amides is 1. The van der Waals surface area contributed by atoms with Crippen LogP contribution in [-0.4, -0.2) is 66.3 Å². The smallest absolute Gasteiger partial charge is 0.410 e. The van der Waals surface area contributed by atoms with E-state index in [1.807, 2.05) is 25.7 Å². The average Bonchev–Trinajstić information content (AvgIpc) is 2.95. The highest BCUT2D eigenvalue weighted by Gasteiger charge is 2.31. The van der Waals surface area contributed by atoms with Crippen LogP contribution in [0.25, 0.3) is 0 Å². The largest absolute Gasteiger partial charge is 0.444 e. The highest BCUT2D eigenvalue weighted by molar-refractivity contribution is 5.69. The number of rotatable bonds is 5. The van der Waals surface area contributed by atoms with Gasteiger partial charge in [0.25, 0.3) is 0 Å². The van der Waals surface area contributed by atoms with Crippen molar-refractivity contribution in [2.45, 2.75) is 77.5 Å². The fourth-order valence-electron chi connectivity index (χ4n) is 3.56. The van der Waals surface area contributed by atoms with Gasteiger partial charge in [0, 0.05) is 31.7 Å². The Labute approximate surface area is 141 Å². The Morgan fingerprint density at radius 3 is 2.52 bits per heavy atom. The maximum atomic E-state index is 12.3. The number of carbonyl (C=O) groups excluding carboxylic acids is 1. The average molecular weight is 325 g/mol. The van der Waals surface area contributed by atoms with E-state index < -0.39 is 5.60 Å². The number of carbonyl (C=O) groups is 1. The van der Waals surface area contributed by atoms with Gasteiger partial charge in [0.15, 0.2) is 0 Å². The topological polar surface area (TPSA) is 44.8 Å². The van der Waals surface area contributed by atoms with Crippen molar-refractivity contribution in [3.05, 3.63) is 0 Å². The molecule has 2 atom stereocenters. The lowest BCUT2D eigenvalue weighted by Gasteiger charge is -2.33. The standard InChI is InChI=1S/C18H35N3O2/c1-15(20-10-6-5-7-11-20)13-19-14-16-9-8-12-21(16)17(22)23-18(2,3)4/h15-16,19H,5-14H2,1-4H3. The molecule has 0 aromatic carbocycles. The summed E-state index contributed by atoms with van der Waals surface area (Å²) in [7, 11) is 0. The molecule has 1 N–H and O–H groups in total. The molecule has 23 heavy (non-hydrogen) atoms. The summed E-state index contributed by atoms with van der Waals surface area (Å²) < 4.78 is 5.53. The summed E-state index contributed by atoms with van der Waals surface area (Å²) in [5, 5.41) is 3.58. The van der Waals surface area contributed by atoms with Crippen LogP contribution in [0.5, 0.6) is 0 Å². The van der Waals surface area contributed by atoms with Gasteiger partial charge in [-0.25, -0.2) is 4.79 Å². The van der Waals surface area contributed by atoms with Crippen LogP contribution in [-0.2, 0) is 4.74 Å². The van der Waals surface area contributed by atoms with E-state index in [1.165, 1.54) is 32.4 Å². The Balaban J connectivity index is 1.72. The molecule has 5 nitrogen and oxygen atoms in total. The van der Waals surface area contributed by atoms with E-state index in [0.717, 1.165) is 32.5 Å². The molecular formula is C18H35N3O2. The molecule has 2 aliphatic rings. The lowest BCUT2D eigenvalue weighted by Crippen LogP contribution is -2.47. The minimum Gasteiger partial charge on any atom is -0.444 e. The summed E-state index contributed by atoms with van der Waals surface area (Å²) in [6.07, 6.45) is 6.03. The van der Waals surface area contributed by atoms with Crippen LogP contribution in [0.15, 0.2) is 0 Å². The number of ether oxygens (including phenoxy) is 1. The molecule has 2 fully saturated rings. The predicted molar refractivity (Wildman–Crippen MR) is 93.7 cm³/mol. The Bertz CT molecular complexity index is 375. The van der Waals surface area contributed by atoms with Gasteiger partial charge < -0.3 is 15.0 Å². The Kier molecular flexibility index (Phi) is 6.72. The second-order valence-corrected chi connectivity index (χ2v) is 8.07. The molecule has 2 unspecified atom stereocenters. The number of hydrogen-bond acceptors (Lipinski definition) is 4. The molecule has 0 aromatic rings. The van der Waals surface area contributed by atoms with Crippen LogP contribution >= 0.6 is 0 Å². The van der Waals surface area contributed by atoms with Gasteiger partial charge in [0.05, 0.1) is 0 Å². The van der Waals surface area contributed by atoms with E-state index in [-0.39, 0.29) is 12.1 Å². The zero-order chi connectivity index (χ0) is 16.9. The van der Waals surface area contributed by atoms with Gasteiger partial charge in [-0.1, -0.05) is 6.42 Å². The third kappa shape index (κ3) is 5.96. The highest BCUT2D eigenvalue weighted by atomic mass is 16.6. The van der Waals surface area contributed by atoms with Gasteiger partial charge in [0.1, 0.15) is 5.60 Å². The fourth-order valence-corrected chi connectivity index (χ4v) is 3.56. The normalized spacial score (nSPS) is 24.7. The third-order valence-electron chi connectivity index (χ3n) is 4.84. The molecule has 2 saturated heterocycles. The van der Waals surface area contributed by atoms with E-state index in [1.54, 1.807) is 0 Å². The van der Waals surface area contributed by atoms with Crippen molar-refractivity contribution in [1.82, 2.24) is 15.1 Å². The van der Waals surface area contributed by atoms with Crippen molar-refractivity contribution in [2.24, 2.45) is 0 Å². The zero-order valence-electron chi connectivity index (χ0n) is 15.4. The second-order valence-electron chi connectivity index (χ2n) is 8.07. The van der Waals surface area contributed by atoms with Crippen LogP contribution in [0.1, 0.15) is 59.8 Å². The number of likely N-dealkylation sites (tertiary alicyclic amines) is 2. The molecule has 2 heterocycles. The van der Waals surface area contributed by atoms with Crippen LogP contribution in [0.2, 0.25) is 0 Å². The van der Waals surface area contributed by atoms with E-state index in [9.17, 15) is 4.79 Å². The summed E-state index contributed by atoms with van der Waals surface area (Å²) in [5.41, 5.74) is -0.416. The quantitative estimate of drug-likeness (QED) is 0.844. The van der Waals surface area contributed by atoms with E-state index in [4.69, 9.17) is 4.74 Å². The van der Waals surface area contributed by atoms with Gasteiger partial charge >= 0.3 is 6.09 Å². The van der Waals surface area contributed by atoms with Crippen molar-refractivity contribution in [1.29, 1.82) is 0 Å². The molecule has 0 aliphatic carbocycles. The summed E-state index contributed by atoms with van der Waals surface area (Å²) in [6, 6.07) is 0.852. The summed E-state index contributed by atoms with van der Waals surface area (Å²) >= 11 is 0. The number of hydrogen-bond donors (Lipinski definition) is 1. The van der Waals surface area contributed by atoms with Crippen LogP contribution in [0.3, 0.4) is 0 Å². The summed E-state index contributed by atoms with van der Waals surface area (Å²) in [6.45, 7) is 13.2. The maximum Gasteiger partial charge on any atom is 0.410 e. The Morgan fingerprint density at radius 2 is 1.87 bits per heavy atom. The van der Waals surface area contributed by atoms with Crippen LogP contribution in [0, 0.1) is 0 Å². The molecule has 2 rings (SSSR count). The molecule has 5 heteroatoms. The molecule has 1 amide bonds. The van der Waals surface area contributed by atoms with Crippen LogP contribution < -0.4 is 5.32 Å². The van der Waals surface area contributed by atoms with Gasteiger partial charge in [0.2, 0.25) is 0 Å². The van der Waals surface area contributed by atoms with E-state index in [2.05, 4.69) is 17.1 Å². The molecule has 0 saturated carbocycles. The zero-order valence-corrected chi connectivity index (χ0v) is 15.4. The number of nitrogens with one attached hydrogen (secondary N) is 1. The maximum absolute atomic E-state index is 12.3. The van der Waals surface area contributed by atoms with Crippen molar-refractivity contribution in [2.75, 3.05) is 32.7 Å². The molecule has 0 bridgehead atoms. The Hall–Kier alpha value is -0.810. The lowest BCUT2D eigenvalue weighted by atomic mass is 10.1. The van der Waals surface area contributed by atoms with Gasteiger partial charge in [-0.2, -0.15) is 0 Å². The van der Waals surface area contributed by atoms with Gasteiger partial charge in [-0.05, 0) is 66.5 Å². The van der Waals surface area contributed by atoms with Gasteiger partial charge in [-0.15, -0.1) is 0 Å². The molecule has 0 aromatic heterocycles. The third-order valence-corrected chi connectivity index (χ3v) is 4.84. The Morgan fingerprint density at radius 1 is 1.17 bits per heavy atom. The first-order valence-electron chi connectivity index (χ1n) is 9.31. The second kappa shape index (κ2) is 8.34. The van der Waals surface area contributed by atoms with E-state index >= 15 is 0 Å². The minimum absolute atomic E-state index is 0.161. The number of piperidine rings is 1. The minimum atomic E-state index is -0.416. The first-order valence-corrected chi connectivity index (χ1v) is 9.31. The molecule has 0 spiro atoms. The lowest BCUT2D eigenvalue weighted by molar-refractivity contribution is 0.0225. The molecule has 2 aliphatic heterocycles. The molecule has 134 valence electrons. The number of nitrogens with zero attached hydrogens (tertiary/aromatic N) is 2. The monoisotopic (exact) mass is 325 g/mol. The molecule has 0 radical (unpaired) electrons. The summed E-state index contributed by atoms with van der Waals surface area (Å²) in [5.74, 6) is 0. The van der Waals surface area contributed by atoms with Crippen molar-refractivity contribution >= 4 is 6.09 Å². The fraction of sp³-hybridized carbons (Fsp3) is 0.944. The van der Waals surface area contributed by atoms with Gasteiger partial charge in [-0.3, -0.25) is 4.90 Å². The van der Waals surface area contributed by atoms with Crippen LogP contribution in [0.4, 0.5) is 4.79 Å². The van der Waals surface area contributed by atoms with Crippen molar-refractivity contribution in [3.63, 3.8) is 0 Å². The predicted octanol–water partition coefficient (Wildman–Crippen LogP) is 2.85. The van der Waals surface area contributed by atoms with Crippen molar-refractivity contribution < 1.29 is 9.53 Å². The first kappa shape index (κ1) is 18.5. The SMILES string of the molecule is CC(CNCC1CCCN1C(=O)OC(C)(C)C)N1CCCCC1.